The van der Waals surface area contributed by atoms with Crippen LogP contribution in [0, 0.1) is 0 Å². The van der Waals surface area contributed by atoms with Gasteiger partial charge in [0.15, 0.2) is 13.1 Å². The van der Waals surface area contributed by atoms with Gasteiger partial charge in [0, 0.05) is 12.8 Å². The van der Waals surface area contributed by atoms with Crippen LogP contribution < -0.4 is 15.7 Å². The van der Waals surface area contributed by atoms with Crippen molar-refractivity contribution >= 4 is 18.3 Å². The number of rotatable bonds is 38. The van der Waals surface area contributed by atoms with Gasteiger partial charge in [-0.3, -0.25) is 9.59 Å². The number of carbonyl (C=O) groups excluding carboxylic acids is 3. The number of hydroxylamine groups is 2. The van der Waals surface area contributed by atoms with Gasteiger partial charge in [0.2, 0.25) is 11.8 Å². The molecule has 1 radical (unpaired) electrons. The molecule has 7 heteroatoms. The zero-order valence-electron chi connectivity index (χ0n) is 31.6. The molecular formula is C41H78N3O4+2. The van der Waals surface area contributed by atoms with Gasteiger partial charge in [-0.15, -0.1) is 0 Å². The fourth-order valence-corrected chi connectivity index (χ4v) is 5.88. The Hall–Kier alpha value is -2.15. The second-order valence-corrected chi connectivity index (χ2v) is 13.6. The van der Waals surface area contributed by atoms with Crippen molar-refractivity contribution in [1.29, 1.82) is 0 Å². The van der Waals surface area contributed by atoms with Gasteiger partial charge < -0.3 is 10.6 Å². The van der Waals surface area contributed by atoms with Crippen molar-refractivity contribution in [3.63, 3.8) is 0 Å². The van der Waals surface area contributed by atoms with Gasteiger partial charge in [-0.05, 0) is 64.2 Å². The predicted octanol–water partition coefficient (Wildman–Crippen LogP) is 9.27. The third-order valence-corrected chi connectivity index (χ3v) is 9.00. The molecule has 0 atom stereocenters. The zero-order valence-corrected chi connectivity index (χ0v) is 31.6. The van der Waals surface area contributed by atoms with Crippen LogP contribution in [0.15, 0.2) is 24.3 Å². The lowest BCUT2D eigenvalue weighted by Gasteiger charge is -2.10. The minimum Gasteiger partial charge on any atom is -0.350 e. The molecule has 0 saturated carbocycles. The monoisotopic (exact) mass is 677 g/mol. The van der Waals surface area contributed by atoms with Crippen molar-refractivity contribution < 1.29 is 24.3 Å². The lowest BCUT2D eigenvalue weighted by atomic mass is 10.1. The van der Waals surface area contributed by atoms with Gasteiger partial charge >= 0.3 is 6.47 Å². The van der Waals surface area contributed by atoms with Crippen LogP contribution in [-0.4, -0.2) is 44.5 Å². The molecule has 0 aliphatic heterocycles. The Kier molecular flexibility index (Phi) is 37.5. The molecular weight excluding hydrogens is 598 g/mol. The molecule has 48 heavy (non-hydrogen) atoms. The minimum atomic E-state index is 0.0475. The van der Waals surface area contributed by atoms with Crippen LogP contribution in [0.25, 0.3) is 0 Å². The summed E-state index contributed by atoms with van der Waals surface area (Å²) in [6.45, 7) is 6.78. The first-order valence-corrected chi connectivity index (χ1v) is 20.4. The predicted molar refractivity (Wildman–Crippen MR) is 203 cm³/mol. The molecule has 0 rings (SSSR count). The van der Waals surface area contributed by atoms with Crippen molar-refractivity contribution in [2.45, 2.75) is 194 Å². The zero-order chi connectivity index (χ0) is 35.0. The van der Waals surface area contributed by atoms with Crippen LogP contribution in [0.2, 0.25) is 0 Å². The van der Waals surface area contributed by atoms with Crippen molar-refractivity contribution in [3.8, 4) is 0 Å². The summed E-state index contributed by atoms with van der Waals surface area (Å²) in [5.74, 6) is 0.0951. The van der Waals surface area contributed by atoms with E-state index in [4.69, 9.17) is 4.84 Å². The van der Waals surface area contributed by atoms with Crippen molar-refractivity contribution in [1.82, 2.24) is 10.6 Å². The quantitative estimate of drug-likeness (QED) is 0.0200. The van der Waals surface area contributed by atoms with E-state index < -0.39 is 0 Å². The van der Waals surface area contributed by atoms with Gasteiger partial charge in [0.1, 0.15) is 0 Å². The normalized spacial score (nSPS) is 11.6. The average molecular weight is 677 g/mol. The van der Waals surface area contributed by atoms with E-state index in [1.54, 1.807) is 0 Å². The standard InChI is InChI=1S/C41H77N3O4/c1-3-5-7-9-11-13-15-17-19-21-23-25-27-29-31-33-40(46)42-35-37-44(48-39-45)38-36-43-41(47)34-32-30-28-26-24-22-20-18-16-14-12-10-8-6-4-2/h17-20,39H,3-16,21-38H2,1-2H3,(H,42,46)(H,43,47)/q+1/p+1/b19-17-,20-18-. The SMILES string of the molecule is CCCCCCCC/C=C\CCCCCCCC(=O)NCC[NH+](CCNC(=O)CCCCCCC/C=C\CCCCCCCC)OC=[O+]. The van der Waals surface area contributed by atoms with Crippen molar-refractivity contribution in [2.75, 3.05) is 26.2 Å². The molecule has 0 saturated heterocycles. The van der Waals surface area contributed by atoms with E-state index in [0.717, 1.165) is 25.7 Å². The van der Waals surface area contributed by atoms with Crippen molar-refractivity contribution in [2.24, 2.45) is 0 Å². The molecule has 0 fully saturated rings. The molecule has 0 aromatic heterocycles. The summed E-state index contributed by atoms with van der Waals surface area (Å²) in [6, 6.07) is 0. The highest BCUT2D eigenvalue weighted by Crippen LogP contribution is 2.11. The highest BCUT2D eigenvalue weighted by Gasteiger charge is 2.17. The van der Waals surface area contributed by atoms with Crippen LogP contribution in [0.5, 0.6) is 0 Å². The Morgan fingerprint density at radius 1 is 0.500 bits per heavy atom. The number of amides is 2. The minimum absolute atomic E-state index is 0.0475. The Labute approximate surface area is 296 Å². The number of carbonyl (C=O) groups is 3. The largest absolute Gasteiger partial charge is 0.629 e. The van der Waals surface area contributed by atoms with Crippen LogP contribution in [0.1, 0.15) is 194 Å². The molecule has 0 aliphatic carbocycles. The Morgan fingerprint density at radius 3 is 1.15 bits per heavy atom. The van der Waals surface area contributed by atoms with Crippen LogP contribution in [0.4, 0.5) is 0 Å². The number of quaternary nitrogens is 1. The van der Waals surface area contributed by atoms with Crippen LogP contribution >= 0.6 is 0 Å². The lowest BCUT2D eigenvalue weighted by molar-refractivity contribution is -1.07. The van der Waals surface area contributed by atoms with E-state index in [1.807, 2.05) is 0 Å². The van der Waals surface area contributed by atoms with Crippen LogP contribution in [0.3, 0.4) is 0 Å². The van der Waals surface area contributed by atoms with E-state index in [9.17, 15) is 14.4 Å². The molecule has 0 bridgehead atoms. The lowest BCUT2D eigenvalue weighted by Crippen LogP contribution is -3.12. The molecule has 0 spiro atoms. The van der Waals surface area contributed by atoms with E-state index in [-0.39, 0.29) is 11.8 Å². The summed E-state index contributed by atoms with van der Waals surface area (Å²) in [6.07, 6.45) is 42.7. The Bertz CT molecular complexity index is 713. The van der Waals surface area contributed by atoms with Crippen molar-refractivity contribution in [3.05, 3.63) is 24.3 Å². The maximum Gasteiger partial charge on any atom is 0.629 e. The van der Waals surface area contributed by atoms with Gasteiger partial charge in [-0.2, -0.15) is 0 Å². The molecule has 0 aromatic carbocycles. The molecule has 0 heterocycles. The first-order valence-electron chi connectivity index (χ1n) is 20.4. The summed E-state index contributed by atoms with van der Waals surface area (Å²) in [4.78, 5) is 40.4. The van der Waals surface area contributed by atoms with Crippen LogP contribution in [-0.2, 0) is 19.2 Å². The summed E-state index contributed by atoms with van der Waals surface area (Å²) in [7, 11) is 0. The molecule has 279 valence electrons. The average Bonchev–Trinajstić information content (AvgIpc) is 3.08. The highest BCUT2D eigenvalue weighted by molar-refractivity contribution is 5.76. The first kappa shape index (κ1) is 45.9. The maximum atomic E-state index is 12.2. The second kappa shape index (κ2) is 39.3. The molecule has 3 N–H and O–H groups in total. The third kappa shape index (κ3) is 36.7. The highest BCUT2D eigenvalue weighted by atomic mass is 16.7. The van der Waals surface area contributed by atoms with E-state index in [0.29, 0.717) is 50.6 Å². The second-order valence-electron chi connectivity index (χ2n) is 13.6. The Morgan fingerprint density at radius 2 is 0.812 bits per heavy atom. The molecule has 0 aliphatic rings. The number of hydrogen-bond donors (Lipinski definition) is 3. The van der Waals surface area contributed by atoms with E-state index >= 15 is 0 Å². The third-order valence-electron chi connectivity index (χ3n) is 9.00. The number of nitrogens with one attached hydrogen (secondary N) is 3. The van der Waals surface area contributed by atoms with E-state index in [1.165, 1.54) is 141 Å². The molecule has 2 amide bonds. The fraction of sp³-hybridized carbons (Fsp3) is 0.829. The van der Waals surface area contributed by atoms with Gasteiger partial charge in [-0.25, -0.2) is 0 Å². The number of hydrogen-bond acceptors (Lipinski definition) is 4. The number of allylic oxidation sites excluding steroid dienone is 4. The van der Waals surface area contributed by atoms with E-state index in [2.05, 4.69) is 48.8 Å². The molecule has 7 nitrogen and oxygen atoms in total. The molecule has 0 unspecified atom stereocenters. The van der Waals surface area contributed by atoms with Gasteiger partial charge in [0.25, 0.3) is 0 Å². The summed E-state index contributed by atoms with van der Waals surface area (Å²) in [5, 5.41) is 6.46. The first-order chi connectivity index (χ1) is 23.6. The fourth-order valence-electron chi connectivity index (χ4n) is 5.88. The van der Waals surface area contributed by atoms with Gasteiger partial charge in [0.05, 0.1) is 17.9 Å². The number of unbranched alkanes of at least 4 members (excludes halogenated alkanes) is 22. The Balaban J connectivity index is 3.63. The summed E-state index contributed by atoms with van der Waals surface area (Å²) >= 11 is 0. The topological polar surface area (TPSA) is 91.8 Å². The van der Waals surface area contributed by atoms with Gasteiger partial charge in [-0.1, -0.05) is 151 Å². The summed E-state index contributed by atoms with van der Waals surface area (Å²) < 4.78 is 0. The smallest absolute Gasteiger partial charge is 0.350 e. The molecule has 0 aromatic rings. The maximum absolute atomic E-state index is 12.2. The summed E-state index contributed by atoms with van der Waals surface area (Å²) in [5.41, 5.74) is 0.